The van der Waals surface area contributed by atoms with Crippen molar-refractivity contribution in [2.45, 2.75) is 17.6 Å². The molecule has 7 heteroatoms. The lowest BCUT2D eigenvalue weighted by Crippen LogP contribution is -1.94. The summed E-state index contributed by atoms with van der Waals surface area (Å²) in [5.41, 5.74) is 0. The maximum Gasteiger partial charge on any atom is 0.272 e. The van der Waals surface area contributed by atoms with Crippen LogP contribution in [0.1, 0.15) is 11.9 Å². The van der Waals surface area contributed by atoms with E-state index >= 15 is 0 Å². The molecule has 1 aromatic heterocycles. The molecule has 4 nitrogen and oxygen atoms in total. The third kappa shape index (κ3) is 3.06. The second kappa shape index (κ2) is 3.73. The zero-order chi connectivity index (χ0) is 10.1. The predicted molar refractivity (Wildman–Crippen MR) is 49.5 cm³/mol. The van der Waals surface area contributed by atoms with Gasteiger partial charge in [0.05, 0.1) is 12.6 Å². The van der Waals surface area contributed by atoms with Crippen molar-refractivity contribution in [2.24, 2.45) is 0 Å². The fourth-order valence-corrected chi connectivity index (χ4v) is 2.69. The summed E-state index contributed by atoms with van der Waals surface area (Å²) in [4.78, 5) is 14.4. The molecule has 72 valence electrons. The number of hydrogen-bond acceptors (Lipinski definition) is 5. The predicted octanol–water partition coefficient (Wildman–Crippen LogP) is 1.20. The summed E-state index contributed by atoms with van der Waals surface area (Å²) in [5, 5.41) is 0.465. The van der Waals surface area contributed by atoms with Gasteiger partial charge in [-0.3, -0.25) is 4.79 Å². The van der Waals surface area contributed by atoms with E-state index in [2.05, 4.69) is 4.98 Å². The number of nitrogens with zero attached hydrogens (tertiary/aromatic N) is 1. The molecule has 0 N–H and O–H groups in total. The largest absolute Gasteiger partial charge is 0.300 e. The van der Waals surface area contributed by atoms with Crippen LogP contribution in [-0.4, -0.2) is 19.2 Å². The Bertz CT molecular complexity index is 423. The highest BCUT2D eigenvalue weighted by atomic mass is 35.7. The van der Waals surface area contributed by atoms with E-state index in [4.69, 9.17) is 10.7 Å². The highest BCUT2D eigenvalue weighted by molar-refractivity contribution is 8.15. The maximum atomic E-state index is 10.8. The number of halogens is 1. The van der Waals surface area contributed by atoms with Crippen LogP contribution >= 0.6 is 22.0 Å². The Morgan fingerprint density at radius 3 is 2.69 bits per heavy atom. The van der Waals surface area contributed by atoms with Gasteiger partial charge < -0.3 is 0 Å². The van der Waals surface area contributed by atoms with E-state index in [1.807, 2.05) is 0 Å². The number of Topliss-reactive ketones (excluding diaryl/α,β-unsaturated/α-hetero) is 1. The maximum absolute atomic E-state index is 10.8. The van der Waals surface area contributed by atoms with Gasteiger partial charge in [0.2, 0.25) is 0 Å². The Morgan fingerprint density at radius 1 is 1.69 bits per heavy atom. The van der Waals surface area contributed by atoms with Gasteiger partial charge in [-0.15, -0.1) is 11.3 Å². The summed E-state index contributed by atoms with van der Waals surface area (Å²) in [6.45, 7) is 1.41. The number of carbonyl (C=O) groups excluding carboxylic acids is 1. The first kappa shape index (κ1) is 10.6. The SMILES string of the molecule is CC(=O)Cc1ncc(S(=O)(=O)Cl)s1. The number of hydrogen-bond donors (Lipinski definition) is 0. The molecule has 0 aliphatic rings. The zero-order valence-corrected chi connectivity index (χ0v) is 9.04. The van der Waals surface area contributed by atoms with Gasteiger partial charge in [0.1, 0.15) is 10.8 Å². The Hall–Kier alpha value is -0.460. The van der Waals surface area contributed by atoms with Crippen molar-refractivity contribution in [3.63, 3.8) is 0 Å². The molecule has 0 aliphatic heterocycles. The lowest BCUT2D eigenvalue weighted by atomic mass is 10.3. The van der Waals surface area contributed by atoms with Crippen LogP contribution in [0.15, 0.2) is 10.4 Å². The Balaban J connectivity index is 2.94. The number of ketones is 1. The lowest BCUT2D eigenvalue weighted by molar-refractivity contribution is -0.116. The second-order valence-corrected chi connectivity index (χ2v) is 6.30. The average Bonchev–Trinajstić information content (AvgIpc) is 2.32. The van der Waals surface area contributed by atoms with Crippen LogP contribution in [0.5, 0.6) is 0 Å². The second-order valence-electron chi connectivity index (χ2n) is 2.39. The van der Waals surface area contributed by atoms with Gasteiger partial charge in [0, 0.05) is 10.7 Å². The number of thiazole rings is 1. The molecule has 1 aromatic rings. The third-order valence-electron chi connectivity index (χ3n) is 1.17. The molecule has 0 fully saturated rings. The average molecular weight is 240 g/mol. The van der Waals surface area contributed by atoms with E-state index in [0.717, 1.165) is 17.5 Å². The van der Waals surface area contributed by atoms with Crippen LogP contribution in [0.3, 0.4) is 0 Å². The minimum absolute atomic E-state index is 0.0228. The third-order valence-corrected chi connectivity index (χ3v) is 4.23. The van der Waals surface area contributed by atoms with E-state index in [0.29, 0.717) is 5.01 Å². The Kier molecular flexibility index (Phi) is 3.05. The molecule has 0 saturated carbocycles. The zero-order valence-electron chi connectivity index (χ0n) is 6.65. The molecule has 0 aromatic carbocycles. The highest BCUT2D eigenvalue weighted by Crippen LogP contribution is 2.22. The molecule has 0 atom stereocenters. The van der Waals surface area contributed by atoms with Gasteiger partial charge in [-0.25, -0.2) is 13.4 Å². The van der Waals surface area contributed by atoms with Crippen LogP contribution in [-0.2, 0) is 20.3 Å². The van der Waals surface area contributed by atoms with Crippen molar-refractivity contribution in [1.82, 2.24) is 4.98 Å². The van der Waals surface area contributed by atoms with Gasteiger partial charge in [-0.2, -0.15) is 0 Å². The molecule has 0 bridgehead atoms. The summed E-state index contributed by atoms with van der Waals surface area (Å²) in [5.74, 6) is -0.0622. The first-order valence-corrected chi connectivity index (χ1v) is 6.41. The molecular weight excluding hydrogens is 234 g/mol. The Labute approximate surface area is 84.0 Å². The first-order chi connectivity index (χ1) is 5.89. The van der Waals surface area contributed by atoms with E-state index < -0.39 is 9.05 Å². The van der Waals surface area contributed by atoms with Crippen LogP contribution in [0.4, 0.5) is 0 Å². The van der Waals surface area contributed by atoms with Crippen molar-refractivity contribution >= 4 is 36.9 Å². The molecule has 1 rings (SSSR count). The summed E-state index contributed by atoms with van der Waals surface area (Å²) < 4.78 is 21.5. The molecule has 0 unspecified atom stereocenters. The summed E-state index contributed by atoms with van der Waals surface area (Å²) >= 11 is 0.916. The minimum Gasteiger partial charge on any atom is -0.300 e. The van der Waals surface area contributed by atoms with E-state index in [1.165, 1.54) is 6.92 Å². The normalized spacial score (nSPS) is 11.5. The van der Waals surface area contributed by atoms with Crippen LogP contribution < -0.4 is 0 Å². The molecular formula is C6H6ClNO3S2. The molecule has 0 radical (unpaired) electrons. The molecule has 13 heavy (non-hydrogen) atoms. The van der Waals surface area contributed by atoms with Crippen LogP contribution in [0, 0.1) is 0 Å². The topological polar surface area (TPSA) is 64.1 Å². The van der Waals surface area contributed by atoms with Crippen molar-refractivity contribution < 1.29 is 13.2 Å². The fraction of sp³-hybridized carbons (Fsp3) is 0.333. The number of carbonyl (C=O) groups is 1. The number of aromatic nitrogens is 1. The highest BCUT2D eigenvalue weighted by Gasteiger charge is 2.14. The molecule has 0 aliphatic carbocycles. The molecule has 1 heterocycles. The Morgan fingerprint density at radius 2 is 2.31 bits per heavy atom. The summed E-state index contributed by atoms with van der Waals surface area (Å²) in [6.07, 6.45) is 1.31. The number of rotatable bonds is 3. The van der Waals surface area contributed by atoms with Crippen molar-refractivity contribution in [3.8, 4) is 0 Å². The van der Waals surface area contributed by atoms with Crippen LogP contribution in [0.2, 0.25) is 0 Å². The van der Waals surface area contributed by atoms with Crippen molar-refractivity contribution in [1.29, 1.82) is 0 Å². The minimum atomic E-state index is -3.70. The van der Waals surface area contributed by atoms with Gasteiger partial charge in [0.25, 0.3) is 9.05 Å². The van der Waals surface area contributed by atoms with Gasteiger partial charge in [-0.1, -0.05) is 0 Å². The van der Waals surface area contributed by atoms with Gasteiger partial charge in [0.15, 0.2) is 4.21 Å². The van der Waals surface area contributed by atoms with E-state index in [1.54, 1.807) is 0 Å². The lowest BCUT2D eigenvalue weighted by Gasteiger charge is -1.87. The molecule has 0 spiro atoms. The smallest absolute Gasteiger partial charge is 0.272 e. The fourth-order valence-electron chi connectivity index (χ4n) is 0.701. The van der Waals surface area contributed by atoms with Crippen LogP contribution in [0.25, 0.3) is 0 Å². The summed E-state index contributed by atoms with van der Waals surface area (Å²) in [7, 11) is 1.37. The van der Waals surface area contributed by atoms with Gasteiger partial charge >= 0.3 is 0 Å². The monoisotopic (exact) mass is 239 g/mol. The van der Waals surface area contributed by atoms with Crippen molar-refractivity contribution in [3.05, 3.63) is 11.2 Å². The van der Waals surface area contributed by atoms with Crippen molar-refractivity contribution in [2.75, 3.05) is 0 Å². The molecule has 0 saturated heterocycles. The first-order valence-electron chi connectivity index (χ1n) is 3.28. The molecule has 0 amide bonds. The van der Waals surface area contributed by atoms with E-state index in [-0.39, 0.29) is 16.4 Å². The standard InChI is InChI=1S/C6H6ClNO3S2/c1-4(9)2-5-8-3-6(12-5)13(7,10)11/h3H,2H2,1H3. The van der Waals surface area contributed by atoms with Gasteiger partial charge in [-0.05, 0) is 6.92 Å². The van der Waals surface area contributed by atoms with E-state index in [9.17, 15) is 13.2 Å². The quantitative estimate of drug-likeness (QED) is 0.744. The summed E-state index contributed by atoms with van der Waals surface area (Å²) in [6, 6.07) is 0.